The fraction of sp³-hybridized carbons (Fsp3) is 0.562. The van der Waals surface area contributed by atoms with Crippen LogP contribution in [0.15, 0.2) is 40.7 Å². The lowest BCUT2D eigenvalue weighted by molar-refractivity contribution is 0.563. The lowest BCUT2D eigenvalue weighted by atomic mass is 10.1. The van der Waals surface area contributed by atoms with Crippen LogP contribution in [-0.2, 0) is 0 Å². The standard InChI is InChI=1S/C16H28N2/c1-7-9-15(11-13-18(5)6)16(8-2)17-12-10-14(3)4/h8-9,11-14H,7,10H2,1-6H3/b13-11+,15-9+,16-8-,17-12?. The smallest absolute Gasteiger partial charge is 0.0652 e. The summed E-state index contributed by atoms with van der Waals surface area (Å²) in [6.07, 6.45) is 12.5. The van der Waals surface area contributed by atoms with Crippen LogP contribution in [0.4, 0.5) is 0 Å². The van der Waals surface area contributed by atoms with Crippen molar-refractivity contribution < 1.29 is 0 Å². The van der Waals surface area contributed by atoms with E-state index in [2.05, 4.69) is 50.2 Å². The minimum absolute atomic E-state index is 0.655. The molecule has 0 saturated carbocycles. The molecule has 0 saturated heterocycles. The van der Waals surface area contributed by atoms with Crippen molar-refractivity contribution in [2.45, 2.75) is 40.5 Å². The number of hydrogen-bond acceptors (Lipinski definition) is 2. The first-order valence-corrected chi connectivity index (χ1v) is 6.75. The van der Waals surface area contributed by atoms with Crippen LogP contribution in [0, 0.1) is 5.92 Å². The third-order valence-electron chi connectivity index (χ3n) is 2.35. The van der Waals surface area contributed by atoms with Crippen molar-refractivity contribution in [1.29, 1.82) is 0 Å². The molecule has 0 atom stereocenters. The molecule has 0 aliphatic rings. The maximum absolute atomic E-state index is 4.58. The van der Waals surface area contributed by atoms with Crippen molar-refractivity contribution in [3.8, 4) is 0 Å². The Hall–Kier alpha value is -1.31. The second-order valence-corrected chi connectivity index (χ2v) is 4.96. The Labute approximate surface area is 113 Å². The van der Waals surface area contributed by atoms with Crippen LogP contribution in [0.1, 0.15) is 40.5 Å². The van der Waals surface area contributed by atoms with Gasteiger partial charge in [-0.15, -0.1) is 0 Å². The van der Waals surface area contributed by atoms with Crippen molar-refractivity contribution >= 4 is 6.21 Å². The highest BCUT2D eigenvalue weighted by molar-refractivity contribution is 5.61. The van der Waals surface area contributed by atoms with Gasteiger partial charge in [0, 0.05) is 20.3 Å². The second kappa shape index (κ2) is 9.69. The van der Waals surface area contributed by atoms with Crippen molar-refractivity contribution in [3.63, 3.8) is 0 Å². The third kappa shape index (κ3) is 7.88. The molecule has 0 heterocycles. The van der Waals surface area contributed by atoms with Crippen LogP contribution in [-0.4, -0.2) is 25.2 Å². The summed E-state index contributed by atoms with van der Waals surface area (Å²) in [6, 6.07) is 0. The molecular formula is C16H28N2. The molecule has 0 rings (SSSR count). The third-order valence-corrected chi connectivity index (χ3v) is 2.35. The van der Waals surface area contributed by atoms with Crippen LogP contribution in [0.3, 0.4) is 0 Å². The van der Waals surface area contributed by atoms with Gasteiger partial charge < -0.3 is 4.90 Å². The Morgan fingerprint density at radius 2 is 1.94 bits per heavy atom. The normalized spacial score (nSPS) is 14.2. The Balaban J connectivity index is 4.86. The molecule has 0 aromatic carbocycles. The largest absolute Gasteiger partial charge is 0.383 e. The van der Waals surface area contributed by atoms with Gasteiger partial charge in [0.2, 0.25) is 0 Å². The van der Waals surface area contributed by atoms with Gasteiger partial charge in [-0.3, -0.25) is 4.99 Å². The topological polar surface area (TPSA) is 15.6 Å². The molecule has 0 spiro atoms. The molecule has 0 fully saturated rings. The van der Waals surface area contributed by atoms with Crippen molar-refractivity contribution in [2.75, 3.05) is 14.1 Å². The Kier molecular flexibility index (Phi) is 8.99. The Morgan fingerprint density at radius 3 is 2.39 bits per heavy atom. The van der Waals surface area contributed by atoms with E-state index < -0.39 is 0 Å². The zero-order chi connectivity index (χ0) is 14.0. The van der Waals surface area contributed by atoms with E-state index in [1.807, 2.05) is 32.1 Å². The summed E-state index contributed by atoms with van der Waals surface area (Å²) in [5.41, 5.74) is 2.24. The molecule has 102 valence electrons. The van der Waals surface area contributed by atoms with Gasteiger partial charge in [-0.25, -0.2) is 0 Å². The molecule has 0 aliphatic heterocycles. The van der Waals surface area contributed by atoms with Crippen LogP contribution in [0.25, 0.3) is 0 Å². The fourth-order valence-corrected chi connectivity index (χ4v) is 1.38. The zero-order valence-corrected chi connectivity index (χ0v) is 12.8. The maximum atomic E-state index is 4.58. The first-order chi connectivity index (χ1) is 8.51. The molecule has 0 aromatic rings. The molecule has 0 radical (unpaired) electrons. The maximum Gasteiger partial charge on any atom is 0.0652 e. The van der Waals surface area contributed by atoms with E-state index in [9.17, 15) is 0 Å². The molecule has 2 nitrogen and oxygen atoms in total. The predicted octanol–water partition coefficient (Wildman–Crippen LogP) is 4.42. The van der Waals surface area contributed by atoms with E-state index in [1.165, 1.54) is 5.57 Å². The molecule has 0 bridgehead atoms. The van der Waals surface area contributed by atoms with E-state index in [4.69, 9.17) is 0 Å². The molecule has 2 heteroatoms. The van der Waals surface area contributed by atoms with E-state index in [0.717, 1.165) is 18.5 Å². The molecule has 0 aromatic heterocycles. The van der Waals surface area contributed by atoms with Gasteiger partial charge in [-0.05, 0) is 43.5 Å². The minimum atomic E-state index is 0.655. The van der Waals surface area contributed by atoms with Crippen molar-refractivity contribution in [2.24, 2.45) is 10.9 Å². The first-order valence-electron chi connectivity index (χ1n) is 6.75. The number of allylic oxidation sites excluding steroid dienone is 3. The number of nitrogens with zero attached hydrogens (tertiary/aromatic N) is 2. The summed E-state index contributed by atoms with van der Waals surface area (Å²) in [6.45, 7) is 8.59. The van der Waals surface area contributed by atoms with Gasteiger partial charge in [0.1, 0.15) is 0 Å². The monoisotopic (exact) mass is 248 g/mol. The lowest BCUT2D eigenvalue weighted by Gasteiger charge is -2.07. The second-order valence-electron chi connectivity index (χ2n) is 4.96. The van der Waals surface area contributed by atoms with Gasteiger partial charge in [0.05, 0.1) is 5.70 Å². The van der Waals surface area contributed by atoms with E-state index in [0.29, 0.717) is 5.92 Å². The molecule has 0 N–H and O–H groups in total. The summed E-state index contributed by atoms with van der Waals surface area (Å²) < 4.78 is 0. The lowest BCUT2D eigenvalue weighted by Crippen LogP contribution is -2.00. The molecule has 0 amide bonds. The van der Waals surface area contributed by atoms with Crippen LogP contribution in [0.5, 0.6) is 0 Å². The molecular weight excluding hydrogens is 220 g/mol. The van der Waals surface area contributed by atoms with Gasteiger partial charge in [0.15, 0.2) is 0 Å². The number of rotatable bonds is 7. The highest BCUT2D eigenvalue weighted by atomic mass is 15.0. The van der Waals surface area contributed by atoms with Crippen LogP contribution < -0.4 is 0 Å². The minimum Gasteiger partial charge on any atom is -0.383 e. The summed E-state index contributed by atoms with van der Waals surface area (Å²) >= 11 is 0. The van der Waals surface area contributed by atoms with Gasteiger partial charge >= 0.3 is 0 Å². The summed E-state index contributed by atoms with van der Waals surface area (Å²) in [4.78, 5) is 6.61. The van der Waals surface area contributed by atoms with Gasteiger partial charge in [-0.2, -0.15) is 0 Å². The molecule has 18 heavy (non-hydrogen) atoms. The van der Waals surface area contributed by atoms with Crippen molar-refractivity contribution in [1.82, 2.24) is 4.90 Å². The average molecular weight is 248 g/mol. The fourth-order valence-electron chi connectivity index (χ4n) is 1.38. The van der Waals surface area contributed by atoms with E-state index in [-0.39, 0.29) is 0 Å². The van der Waals surface area contributed by atoms with Gasteiger partial charge in [-0.1, -0.05) is 32.9 Å². The van der Waals surface area contributed by atoms with Crippen LogP contribution >= 0.6 is 0 Å². The number of hydrogen-bond donors (Lipinski definition) is 0. The highest BCUT2D eigenvalue weighted by Crippen LogP contribution is 2.14. The van der Waals surface area contributed by atoms with Crippen LogP contribution in [0.2, 0.25) is 0 Å². The average Bonchev–Trinajstić information content (AvgIpc) is 2.30. The van der Waals surface area contributed by atoms with Gasteiger partial charge in [0.25, 0.3) is 0 Å². The summed E-state index contributed by atoms with van der Waals surface area (Å²) in [7, 11) is 4.05. The van der Waals surface area contributed by atoms with E-state index in [1.54, 1.807) is 0 Å². The Morgan fingerprint density at radius 1 is 1.28 bits per heavy atom. The predicted molar refractivity (Wildman–Crippen MR) is 82.9 cm³/mol. The Bertz CT molecular complexity index is 331. The van der Waals surface area contributed by atoms with Crippen molar-refractivity contribution in [3.05, 3.63) is 35.7 Å². The highest BCUT2D eigenvalue weighted by Gasteiger charge is 1.98. The summed E-state index contributed by atoms with van der Waals surface area (Å²) in [5.74, 6) is 0.655. The number of aliphatic imine (C=N–C) groups is 1. The summed E-state index contributed by atoms with van der Waals surface area (Å²) in [5, 5.41) is 0. The SMILES string of the molecule is C/C=C(N=CCC(C)C)/C(/C=C/N(C)C)=C/CC. The van der Waals surface area contributed by atoms with E-state index >= 15 is 0 Å². The quantitative estimate of drug-likeness (QED) is 0.481. The molecule has 0 unspecified atom stereocenters. The zero-order valence-electron chi connectivity index (χ0n) is 12.8. The first kappa shape index (κ1) is 16.7. The molecule has 0 aliphatic carbocycles.